The zero-order valence-electron chi connectivity index (χ0n) is 21.5. The molecule has 0 heterocycles. The van der Waals surface area contributed by atoms with Crippen molar-refractivity contribution in [2.24, 2.45) is 0 Å². The molecular formula is C27H30ClN3O6S. The number of ether oxygens (including phenoxy) is 1. The number of para-hydroxylation sites is 2. The van der Waals surface area contributed by atoms with Gasteiger partial charge in [-0.25, -0.2) is 4.79 Å². The number of carbonyl (C=O) groups is 2. The van der Waals surface area contributed by atoms with Crippen molar-refractivity contribution in [3.8, 4) is 11.5 Å². The molecule has 3 aromatic rings. The van der Waals surface area contributed by atoms with E-state index in [9.17, 15) is 18.0 Å². The van der Waals surface area contributed by atoms with Crippen LogP contribution >= 0.6 is 11.6 Å². The molecule has 3 amide bonds. The molecular weight excluding hydrogens is 530 g/mol. The van der Waals surface area contributed by atoms with Gasteiger partial charge in [-0.3, -0.25) is 4.79 Å². The molecule has 0 saturated carbocycles. The highest BCUT2D eigenvalue weighted by atomic mass is 35.5. The Hall–Kier alpha value is -3.76. The first-order valence-electron chi connectivity index (χ1n) is 11.8. The number of nitrogens with zero attached hydrogens (tertiary/aromatic N) is 1. The molecule has 0 fully saturated rings. The Morgan fingerprint density at radius 3 is 2.32 bits per heavy atom. The van der Waals surface area contributed by atoms with E-state index in [1.165, 1.54) is 50.4 Å². The molecule has 9 nitrogen and oxygen atoms in total. The van der Waals surface area contributed by atoms with E-state index >= 15 is 0 Å². The fourth-order valence-electron chi connectivity index (χ4n) is 3.59. The first kappa shape index (κ1) is 28.8. The van der Waals surface area contributed by atoms with Crippen molar-refractivity contribution >= 4 is 45.0 Å². The van der Waals surface area contributed by atoms with Gasteiger partial charge in [0.15, 0.2) is 0 Å². The zero-order chi connectivity index (χ0) is 27.9. The second-order valence-electron chi connectivity index (χ2n) is 8.51. The summed E-state index contributed by atoms with van der Waals surface area (Å²) in [6.07, 6.45) is 0.648. The summed E-state index contributed by atoms with van der Waals surface area (Å²) >= 11 is 6.23. The van der Waals surface area contributed by atoms with E-state index in [0.717, 1.165) is 0 Å². The quantitative estimate of drug-likeness (QED) is 0.299. The van der Waals surface area contributed by atoms with Gasteiger partial charge in [0.2, 0.25) is 5.91 Å². The van der Waals surface area contributed by atoms with E-state index in [0.29, 0.717) is 34.1 Å². The fraction of sp³-hybridized carbons (Fsp3) is 0.259. The molecule has 0 bridgehead atoms. The average Bonchev–Trinajstić information content (AvgIpc) is 2.88. The number of rotatable bonds is 10. The molecule has 2 N–H and O–H groups in total. The summed E-state index contributed by atoms with van der Waals surface area (Å²) in [5.74, 6) is 0.273. The van der Waals surface area contributed by atoms with Crippen LogP contribution in [0.5, 0.6) is 11.5 Å². The lowest BCUT2D eigenvalue weighted by molar-refractivity contribution is -0.114. The average molecular weight is 560 g/mol. The summed E-state index contributed by atoms with van der Waals surface area (Å²) in [5.41, 5.74) is 1.36. The number of anilines is 2. The van der Waals surface area contributed by atoms with Gasteiger partial charge in [-0.1, -0.05) is 30.7 Å². The van der Waals surface area contributed by atoms with E-state index in [2.05, 4.69) is 10.6 Å². The lowest BCUT2D eigenvalue weighted by Gasteiger charge is -2.29. The Bertz CT molecular complexity index is 1400. The third-order valence-corrected chi connectivity index (χ3v) is 7.24. The largest absolute Gasteiger partial charge is 0.495 e. The van der Waals surface area contributed by atoms with Crippen LogP contribution in [-0.2, 0) is 21.5 Å². The second kappa shape index (κ2) is 12.7. The zero-order valence-corrected chi connectivity index (χ0v) is 23.1. The normalized spacial score (nSPS) is 11.8. The maximum Gasteiger partial charge on any atom is 0.339 e. The van der Waals surface area contributed by atoms with Crippen molar-refractivity contribution in [2.75, 3.05) is 17.7 Å². The summed E-state index contributed by atoms with van der Waals surface area (Å²) in [6, 6.07) is 16.6. The first-order chi connectivity index (χ1) is 18.0. The molecule has 0 unspecified atom stereocenters. The molecule has 38 heavy (non-hydrogen) atoms. The van der Waals surface area contributed by atoms with Gasteiger partial charge in [-0.15, -0.1) is 0 Å². The third kappa shape index (κ3) is 7.39. The monoisotopic (exact) mass is 559 g/mol. The minimum atomic E-state index is -4.22. The van der Waals surface area contributed by atoms with E-state index < -0.39 is 16.1 Å². The highest BCUT2D eigenvalue weighted by Gasteiger charge is 2.24. The van der Waals surface area contributed by atoms with Crippen molar-refractivity contribution in [3.63, 3.8) is 0 Å². The molecule has 0 aliphatic rings. The minimum Gasteiger partial charge on any atom is -0.495 e. The number of carbonyl (C=O) groups excluding carboxylic acids is 2. The second-order valence-corrected chi connectivity index (χ2v) is 10.5. The van der Waals surface area contributed by atoms with Gasteiger partial charge in [0, 0.05) is 29.2 Å². The minimum absolute atomic E-state index is 0.0306. The number of hydrogen-bond acceptors (Lipinski definition) is 6. The van der Waals surface area contributed by atoms with Crippen molar-refractivity contribution in [2.45, 2.75) is 44.7 Å². The maximum atomic E-state index is 13.3. The van der Waals surface area contributed by atoms with Crippen LogP contribution in [0.1, 0.15) is 32.8 Å². The number of halogens is 1. The highest BCUT2D eigenvalue weighted by molar-refractivity contribution is 7.87. The van der Waals surface area contributed by atoms with Crippen LogP contribution in [0.4, 0.5) is 16.2 Å². The molecule has 0 aliphatic heterocycles. The molecule has 0 spiro atoms. The number of methoxy groups -OCH3 is 1. The van der Waals surface area contributed by atoms with E-state index in [4.69, 9.17) is 20.5 Å². The summed E-state index contributed by atoms with van der Waals surface area (Å²) in [6.45, 7) is 5.22. The molecule has 1 atom stereocenters. The van der Waals surface area contributed by atoms with Crippen LogP contribution in [0, 0.1) is 0 Å². The van der Waals surface area contributed by atoms with Gasteiger partial charge in [0.05, 0.1) is 19.3 Å². The number of benzene rings is 3. The van der Waals surface area contributed by atoms with Crippen LogP contribution in [0.25, 0.3) is 0 Å². The molecule has 0 radical (unpaired) electrons. The van der Waals surface area contributed by atoms with Gasteiger partial charge < -0.3 is 24.5 Å². The Morgan fingerprint density at radius 2 is 1.68 bits per heavy atom. The van der Waals surface area contributed by atoms with Crippen LogP contribution in [0.2, 0.25) is 5.02 Å². The number of hydrogen-bond donors (Lipinski definition) is 2. The molecule has 0 aliphatic carbocycles. The van der Waals surface area contributed by atoms with Gasteiger partial charge in [0.1, 0.15) is 16.4 Å². The van der Waals surface area contributed by atoms with Crippen LogP contribution in [-0.4, -0.2) is 38.4 Å². The predicted octanol–water partition coefficient (Wildman–Crippen LogP) is 5.91. The number of amides is 3. The standard InChI is InChI=1S/C27H30ClN3O6S/c1-5-18(2)31(27(33)30-24-8-6-7-9-26(24)36-4)17-20-16-21(28)10-15-25(20)37-38(34,35)23-13-11-22(12-14-23)29-19(3)32/h6-16,18H,5,17H2,1-4H3,(H,29,32)(H,30,33)/t18-/m1/s1. The Morgan fingerprint density at radius 1 is 1.00 bits per heavy atom. The Balaban J connectivity index is 1.88. The molecule has 3 aromatic carbocycles. The lowest BCUT2D eigenvalue weighted by Crippen LogP contribution is -2.40. The van der Waals surface area contributed by atoms with Gasteiger partial charge in [-0.2, -0.15) is 8.42 Å². The SMILES string of the molecule is CC[C@@H](C)N(Cc1cc(Cl)ccc1OS(=O)(=O)c1ccc(NC(C)=O)cc1)C(=O)Nc1ccccc1OC. The summed E-state index contributed by atoms with van der Waals surface area (Å²) in [4.78, 5) is 26.0. The van der Waals surface area contributed by atoms with Crippen molar-refractivity contribution in [3.05, 3.63) is 77.3 Å². The lowest BCUT2D eigenvalue weighted by atomic mass is 10.1. The number of nitrogens with one attached hydrogen (secondary N) is 2. The van der Waals surface area contributed by atoms with Crippen molar-refractivity contribution in [1.29, 1.82) is 0 Å². The van der Waals surface area contributed by atoms with Gasteiger partial charge in [0.25, 0.3) is 0 Å². The van der Waals surface area contributed by atoms with Crippen molar-refractivity contribution < 1.29 is 26.9 Å². The Kier molecular flexibility index (Phi) is 9.60. The number of urea groups is 1. The predicted molar refractivity (Wildman–Crippen MR) is 147 cm³/mol. The Labute approximate surface area is 227 Å². The van der Waals surface area contributed by atoms with E-state index in [1.54, 1.807) is 35.2 Å². The molecule has 0 aromatic heterocycles. The molecule has 202 valence electrons. The third-order valence-electron chi connectivity index (χ3n) is 5.76. The van der Waals surface area contributed by atoms with Crippen molar-refractivity contribution in [1.82, 2.24) is 4.90 Å². The molecule has 11 heteroatoms. The van der Waals surface area contributed by atoms with Gasteiger partial charge >= 0.3 is 16.1 Å². The molecule has 0 saturated heterocycles. The fourth-order valence-corrected chi connectivity index (χ4v) is 4.75. The summed E-state index contributed by atoms with van der Waals surface area (Å²) < 4.78 is 36.9. The van der Waals surface area contributed by atoms with E-state index in [1.807, 2.05) is 13.8 Å². The summed E-state index contributed by atoms with van der Waals surface area (Å²) in [5, 5.41) is 5.80. The van der Waals surface area contributed by atoms with Gasteiger partial charge in [-0.05, 0) is 67.9 Å². The van der Waals surface area contributed by atoms with Crippen LogP contribution in [0.3, 0.4) is 0 Å². The van der Waals surface area contributed by atoms with Crippen LogP contribution in [0.15, 0.2) is 71.6 Å². The topological polar surface area (TPSA) is 114 Å². The smallest absolute Gasteiger partial charge is 0.339 e. The summed E-state index contributed by atoms with van der Waals surface area (Å²) in [7, 11) is -2.71. The van der Waals surface area contributed by atoms with E-state index in [-0.39, 0.29) is 29.1 Å². The maximum absolute atomic E-state index is 13.3. The molecule has 3 rings (SSSR count). The first-order valence-corrected chi connectivity index (χ1v) is 13.6. The van der Waals surface area contributed by atoms with Crippen LogP contribution < -0.4 is 19.6 Å². The highest BCUT2D eigenvalue weighted by Crippen LogP contribution is 2.30.